The fraction of sp³-hybridized carbons (Fsp3) is 0.333. The van der Waals surface area contributed by atoms with Gasteiger partial charge in [-0.1, -0.05) is 26.7 Å². The minimum Gasteiger partial charge on any atom is -0.496 e. The van der Waals surface area contributed by atoms with E-state index in [0.717, 1.165) is 0 Å². The first kappa shape index (κ1) is 23.8. The van der Waals surface area contributed by atoms with E-state index in [1.807, 2.05) is 0 Å². The first-order valence-electron chi connectivity index (χ1n) is 9.50. The van der Waals surface area contributed by atoms with Gasteiger partial charge in [-0.3, -0.25) is 0 Å². The second kappa shape index (κ2) is 10.1. The molecule has 2 N–H and O–H groups in total. The standard InChI is InChI=1S/C17H14F3N3O4.C4H10/c1-23-13-8-14(26-2)11(15(24)25)7-12(13)22-16(23)21-9-3-5-10(6-4-9)27-17(18,19)20;1-3-4-2/h3-8H,1-2H3,(H,21,22)(H,24,25);3-4H2,1-2H3. The molecule has 7 nitrogen and oxygen atoms in total. The lowest BCUT2D eigenvalue weighted by molar-refractivity contribution is -0.274. The number of nitrogens with one attached hydrogen (secondary N) is 1. The average Bonchev–Trinajstić information content (AvgIpc) is 3.02. The van der Waals surface area contributed by atoms with Gasteiger partial charge < -0.3 is 24.5 Å². The van der Waals surface area contributed by atoms with Gasteiger partial charge in [-0.2, -0.15) is 0 Å². The van der Waals surface area contributed by atoms with E-state index in [9.17, 15) is 23.1 Å². The highest BCUT2D eigenvalue weighted by atomic mass is 19.4. The predicted molar refractivity (Wildman–Crippen MR) is 111 cm³/mol. The van der Waals surface area contributed by atoms with Gasteiger partial charge in [0.2, 0.25) is 5.95 Å². The van der Waals surface area contributed by atoms with Crippen LogP contribution in [0.15, 0.2) is 36.4 Å². The maximum absolute atomic E-state index is 12.2. The quantitative estimate of drug-likeness (QED) is 0.510. The fourth-order valence-corrected chi connectivity index (χ4v) is 2.54. The van der Waals surface area contributed by atoms with Crippen molar-refractivity contribution in [2.45, 2.75) is 33.1 Å². The Morgan fingerprint density at radius 2 is 1.77 bits per heavy atom. The van der Waals surface area contributed by atoms with E-state index in [1.165, 1.54) is 50.3 Å². The second-order valence-corrected chi connectivity index (χ2v) is 6.54. The molecule has 0 radical (unpaired) electrons. The molecule has 168 valence electrons. The van der Waals surface area contributed by atoms with E-state index in [-0.39, 0.29) is 17.1 Å². The molecule has 31 heavy (non-hydrogen) atoms. The van der Waals surface area contributed by atoms with Gasteiger partial charge in [0, 0.05) is 18.8 Å². The molecule has 3 aromatic rings. The van der Waals surface area contributed by atoms with Crippen molar-refractivity contribution >= 4 is 28.6 Å². The molecular formula is C21H24F3N3O4. The molecule has 0 aliphatic rings. The zero-order valence-electron chi connectivity index (χ0n) is 17.6. The first-order valence-corrected chi connectivity index (χ1v) is 9.50. The van der Waals surface area contributed by atoms with E-state index in [2.05, 4.69) is 28.9 Å². The first-order chi connectivity index (χ1) is 14.6. The number of halogens is 3. The molecule has 0 bridgehead atoms. The molecule has 0 aliphatic carbocycles. The number of alkyl halides is 3. The number of unbranched alkanes of at least 4 members (excludes halogenated alkanes) is 1. The average molecular weight is 439 g/mol. The van der Waals surface area contributed by atoms with Crippen molar-refractivity contribution in [3.8, 4) is 11.5 Å². The summed E-state index contributed by atoms with van der Waals surface area (Å²) < 4.78 is 47.2. The van der Waals surface area contributed by atoms with Gasteiger partial charge >= 0.3 is 12.3 Å². The van der Waals surface area contributed by atoms with Crippen molar-refractivity contribution in [2.75, 3.05) is 12.4 Å². The lowest BCUT2D eigenvalue weighted by atomic mass is 10.2. The van der Waals surface area contributed by atoms with Gasteiger partial charge in [0.1, 0.15) is 17.1 Å². The number of carboxylic acids is 1. The van der Waals surface area contributed by atoms with Crippen LogP contribution in [0, 0.1) is 0 Å². The number of methoxy groups -OCH3 is 1. The number of aromatic nitrogens is 2. The molecule has 2 aromatic carbocycles. The molecule has 3 rings (SSSR count). The smallest absolute Gasteiger partial charge is 0.496 e. The van der Waals surface area contributed by atoms with E-state index in [1.54, 1.807) is 17.7 Å². The third kappa shape index (κ3) is 6.27. The van der Waals surface area contributed by atoms with Gasteiger partial charge in [0.05, 0.1) is 18.1 Å². The Bertz CT molecular complexity index is 1030. The highest BCUT2D eigenvalue weighted by Crippen LogP contribution is 2.29. The lowest BCUT2D eigenvalue weighted by Crippen LogP contribution is -2.17. The summed E-state index contributed by atoms with van der Waals surface area (Å²) in [5.41, 5.74) is 1.50. The van der Waals surface area contributed by atoms with Crippen molar-refractivity contribution in [1.29, 1.82) is 0 Å². The second-order valence-electron chi connectivity index (χ2n) is 6.54. The summed E-state index contributed by atoms with van der Waals surface area (Å²) >= 11 is 0. The van der Waals surface area contributed by atoms with E-state index >= 15 is 0 Å². The summed E-state index contributed by atoms with van der Waals surface area (Å²) in [6, 6.07) is 8.10. The van der Waals surface area contributed by atoms with E-state index in [0.29, 0.717) is 22.7 Å². The van der Waals surface area contributed by atoms with Gasteiger partial charge in [0.25, 0.3) is 0 Å². The van der Waals surface area contributed by atoms with Crippen LogP contribution in [0.3, 0.4) is 0 Å². The summed E-state index contributed by atoms with van der Waals surface area (Å²) in [6.07, 6.45) is -2.12. The Labute approximate surface area is 177 Å². The predicted octanol–water partition coefficient (Wildman–Crippen LogP) is 5.73. The molecule has 0 saturated heterocycles. The maximum atomic E-state index is 12.2. The molecular weight excluding hydrogens is 415 g/mol. The molecule has 0 saturated carbocycles. The van der Waals surface area contributed by atoms with Crippen LogP contribution >= 0.6 is 0 Å². The van der Waals surface area contributed by atoms with Crippen molar-refractivity contribution in [1.82, 2.24) is 9.55 Å². The lowest BCUT2D eigenvalue weighted by Gasteiger charge is -2.10. The number of imidazole rings is 1. The summed E-state index contributed by atoms with van der Waals surface area (Å²) in [6.45, 7) is 4.36. The number of anilines is 2. The molecule has 0 spiro atoms. The van der Waals surface area contributed by atoms with Gasteiger partial charge in [0.15, 0.2) is 0 Å². The van der Waals surface area contributed by atoms with Crippen LogP contribution in [0.25, 0.3) is 11.0 Å². The zero-order chi connectivity index (χ0) is 23.2. The van der Waals surface area contributed by atoms with Crippen molar-refractivity contribution in [2.24, 2.45) is 7.05 Å². The van der Waals surface area contributed by atoms with Crippen LogP contribution in [0.4, 0.5) is 24.8 Å². The Balaban J connectivity index is 0.000000785. The van der Waals surface area contributed by atoms with E-state index < -0.39 is 12.3 Å². The van der Waals surface area contributed by atoms with Crippen LogP contribution in [-0.4, -0.2) is 34.1 Å². The number of fused-ring (bicyclic) bond motifs is 1. The van der Waals surface area contributed by atoms with Gasteiger partial charge in [-0.05, 0) is 30.3 Å². The third-order valence-corrected chi connectivity index (χ3v) is 4.28. The summed E-state index contributed by atoms with van der Waals surface area (Å²) in [5.74, 6) is -0.916. The topological polar surface area (TPSA) is 85.6 Å². The van der Waals surface area contributed by atoms with Crippen LogP contribution in [0.2, 0.25) is 0 Å². The van der Waals surface area contributed by atoms with Crippen LogP contribution in [-0.2, 0) is 7.05 Å². The number of nitrogens with zero attached hydrogens (tertiary/aromatic N) is 2. The molecule has 0 fully saturated rings. The Kier molecular flexibility index (Phi) is 7.73. The number of aryl methyl sites for hydroxylation is 1. The number of hydrogen-bond acceptors (Lipinski definition) is 5. The summed E-state index contributed by atoms with van der Waals surface area (Å²) in [5, 5.41) is 12.2. The molecule has 0 amide bonds. The number of rotatable bonds is 6. The molecule has 0 atom stereocenters. The zero-order valence-corrected chi connectivity index (χ0v) is 17.6. The van der Waals surface area contributed by atoms with Crippen LogP contribution < -0.4 is 14.8 Å². The monoisotopic (exact) mass is 439 g/mol. The number of hydrogen-bond donors (Lipinski definition) is 2. The summed E-state index contributed by atoms with van der Waals surface area (Å²) in [4.78, 5) is 15.6. The van der Waals surface area contributed by atoms with Crippen LogP contribution in [0.5, 0.6) is 11.5 Å². The maximum Gasteiger partial charge on any atom is 0.573 e. The van der Waals surface area contributed by atoms with Crippen molar-refractivity contribution < 1.29 is 32.5 Å². The van der Waals surface area contributed by atoms with Gasteiger partial charge in [-0.15, -0.1) is 13.2 Å². The van der Waals surface area contributed by atoms with Crippen molar-refractivity contribution in [3.05, 3.63) is 42.0 Å². The summed E-state index contributed by atoms with van der Waals surface area (Å²) in [7, 11) is 3.08. The Hall–Kier alpha value is -3.43. The van der Waals surface area contributed by atoms with Gasteiger partial charge in [-0.25, -0.2) is 9.78 Å². The number of benzene rings is 2. The van der Waals surface area contributed by atoms with E-state index in [4.69, 9.17) is 4.74 Å². The third-order valence-electron chi connectivity index (χ3n) is 4.28. The highest BCUT2D eigenvalue weighted by Gasteiger charge is 2.31. The van der Waals surface area contributed by atoms with Crippen molar-refractivity contribution in [3.63, 3.8) is 0 Å². The number of ether oxygens (including phenoxy) is 2. The fourth-order valence-electron chi connectivity index (χ4n) is 2.54. The Morgan fingerprint density at radius 1 is 1.16 bits per heavy atom. The molecule has 10 heteroatoms. The number of carbonyl (C=O) groups is 1. The molecule has 0 aliphatic heterocycles. The molecule has 1 aromatic heterocycles. The van der Waals surface area contributed by atoms with Crippen LogP contribution in [0.1, 0.15) is 37.0 Å². The number of carboxylic acid groups (broad SMARTS) is 1. The molecule has 1 heterocycles. The highest BCUT2D eigenvalue weighted by molar-refractivity contribution is 5.96. The largest absolute Gasteiger partial charge is 0.573 e. The minimum atomic E-state index is -4.76. The molecule has 0 unspecified atom stereocenters. The minimum absolute atomic E-state index is 0.0247. The SMILES string of the molecule is CCCC.COc1cc2c(cc1C(=O)O)nc(Nc1ccc(OC(F)(F)F)cc1)n2C. The normalized spacial score (nSPS) is 10.9. The Morgan fingerprint density at radius 3 is 2.26 bits per heavy atom. The number of aromatic carboxylic acids is 1.